The van der Waals surface area contributed by atoms with Crippen LogP contribution in [0.4, 0.5) is 4.39 Å². The van der Waals surface area contributed by atoms with E-state index in [1.54, 1.807) is 13.2 Å². The molecule has 1 unspecified atom stereocenters. The number of hydrogen-bond acceptors (Lipinski definition) is 3. The first-order chi connectivity index (χ1) is 8.67. The second kappa shape index (κ2) is 8.06. The van der Waals surface area contributed by atoms with E-state index in [4.69, 9.17) is 10.5 Å². The molecule has 0 spiro atoms. The molecular weight excluding hydrogens is 231 g/mol. The van der Waals surface area contributed by atoms with Gasteiger partial charge in [-0.2, -0.15) is 0 Å². The number of benzene rings is 1. The van der Waals surface area contributed by atoms with E-state index in [-0.39, 0.29) is 5.82 Å². The highest BCUT2D eigenvalue weighted by molar-refractivity contribution is 5.34. The highest BCUT2D eigenvalue weighted by Crippen LogP contribution is 2.19. The second-order valence-electron chi connectivity index (χ2n) is 4.59. The third-order valence-corrected chi connectivity index (χ3v) is 2.97. The van der Waals surface area contributed by atoms with Gasteiger partial charge in [-0.15, -0.1) is 0 Å². The molecule has 0 bridgehead atoms. The van der Waals surface area contributed by atoms with Gasteiger partial charge in [0.05, 0.1) is 7.11 Å². The molecule has 1 aromatic rings. The summed E-state index contributed by atoms with van der Waals surface area (Å²) in [5.41, 5.74) is 6.39. The number of rotatable bonds is 8. The smallest absolute Gasteiger partial charge is 0.123 e. The van der Waals surface area contributed by atoms with Gasteiger partial charge in [-0.3, -0.25) is 0 Å². The second-order valence-corrected chi connectivity index (χ2v) is 4.59. The van der Waals surface area contributed by atoms with Crippen molar-refractivity contribution in [3.05, 3.63) is 29.6 Å². The summed E-state index contributed by atoms with van der Waals surface area (Å²) in [6.45, 7) is 4.65. The molecule has 3 nitrogen and oxygen atoms in total. The van der Waals surface area contributed by atoms with Crippen LogP contribution in [0.5, 0.6) is 5.75 Å². The van der Waals surface area contributed by atoms with E-state index in [1.807, 2.05) is 0 Å². The van der Waals surface area contributed by atoms with Gasteiger partial charge in [-0.1, -0.05) is 6.92 Å². The zero-order valence-electron chi connectivity index (χ0n) is 11.2. The zero-order valence-corrected chi connectivity index (χ0v) is 11.2. The lowest BCUT2D eigenvalue weighted by Crippen LogP contribution is -2.25. The third kappa shape index (κ3) is 5.02. The predicted octanol–water partition coefficient (Wildman–Crippen LogP) is 1.95. The molecule has 1 aromatic carbocycles. The Labute approximate surface area is 109 Å². The first-order valence-electron chi connectivity index (χ1n) is 6.40. The Kier molecular flexibility index (Phi) is 6.68. The van der Waals surface area contributed by atoms with Crippen molar-refractivity contribution in [1.29, 1.82) is 0 Å². The Hall–Kier alpha value is -1.13. The maximum absolute atomic E-state index is 13.1. The highest BCUT2D eigenvalue weighted by Gasteiger charge is 2.05. The van der Waals surface area contributed by atoms with Gasteiger partial charge in [0.15, 0.2) is 0 Å². The molecule has 102 valence electrons. The van der Waals surface area contributed by atoms with E-state index in [2.05, 4.69) is 12.2 Å². The minimum Gasteiger partial charge on any atom is -0.496 e. The summed E-state index contributed by atoms with van der Waals surface area (Å²) >= 11 is 0. The predicted molar refractivity (Wildman–Crippen MR) is 72.4 cm³/mol. The van der Waals surface area contributed by atoms with Gasteiger partial charge in [0, 0.05) is 0 Å². The van der Waals surface area contributed by atoms with Crippen molar-refractivity contribution in [2.24, 2.45) is 11.7 Å². The third-order valence-electron chi connectivity index (χ3n) is 2.97. The first-order valence-corrected chi connectivity index (χ1v) is 6.40. The number of nitrogens with two attached hydrogens (primary N) is 1. The molecule has 18 heavy (non-hydrogen) atoms. The molecule has 1 rings (SSSR count). The molecule has 0 saturated carbocycles. The standard InChI is InChI=1S/C14H23FN2O/c1-11(5-7-16)10-17-8-6-12-9-13(15)3-4-14(12)18-2/h3-4,9,11,17H,5-8,10,16H2,1-2H3. The largest absolute Gasteiger partial charge is 0.496 e. The van der Waals surface area contributed by atoms with Gasteiger partial charge in [0.1, 0.15) is 11.6 Å². The summed E-state index contributed by atoms with van der Waals surface area (Å²) < 4.78 is 18.3. The summed E-state index contributed by atoms with van der Waals surface area (Å²) in [5, 5.41) is 3.36. The quantitative estimate of drug-likeness (QED) is 0.697. The summed E-state index contributed by atoms with van der Waals surface area (Å²) in [7, 11) is 1.60. The molecule has 0 fully saturated rings. The molecule has 0 radical (unpaired) electrons. The minimum absolute atomic E-state index is 0.220. The van der Waals surface area contributed by atoms with E-state index < -0.39 is 0 Å². The Morgan fingerprint density at radius 1 is 1.44 bits per heavy atom. The summed E-state index contributed by atoms with van der Waals surface area (Å²) in [6, 6.07) is 4.62. The number of halogens is 1. The van der Waals surface area contributed by atoms with Crippen molar-refractivity contribution in [3.8, 4) is 5.75 Å². The Balaban J connectivity index is 2.36. The highest BCUT2D eigenvalue weighted by atomic mass is 19.1. The molecule has 0 aliphatic carbocycles. The van der Waals surface area contributed by atoms with Crippen molar-refractivity contribution in [1.82, 2.24) is 5.32 Å². The average Bonchev–Trinajstić information content (AvgIpc) is 2.35. The van der Waals surface area contributed by atoms with E-state index >= 15 is 0 Å². The normalized spacial score (nSPS) is 12.4. The molecule has 0 aliphatic rings. The fourth-order valence-electron chi connectivity index (χ4n) is 1.90. The number of hydrogen-bond donors (Lipinski definition) is 2. The average molecular weight is 254 g/mol. The molecule has 0 heterocycles. The fraction of sp³-hybridized carbons (Fsp3) is 0.571. The van der Waals surface area contributed by atoms with Gasteiger partial charge in [-0.05, 0) is 62.2 Å². The van der Waals surface area contributed by atoms with Crippen LogP contribution in [0.3, 0.4) is 0 Å². The lowest BCUT2D eigenvalue weighted by molar-refractivity contribution is 0.407. The van der Waals surface area contributed by atoms with E-state index in [1.165, 1.54) is 12.1 Å². The number of methoxy groups -OCH3 is 1. The summed E-state index contributed by atoms with van der Waals surface area (Å²) in [4.78, 5) is 0. The molecule has 0 amide bonds. The van der Waals surface area contributed by atoms with Crippen molar-refractivity contribution in [2.45, 2.75) is 19.8 Å². The fourth-order valence-corrected chi connectivity index (χ4v) is 1.90. The van der Waals surface area contributed by atoms with Crippen molar-refractivity contribution < 1.29 is 9.13 Å². The van der Waals surface area contributed by atoms with E-state index in [9.17, 15) is 4.39 Å². The van der Waals surface area contributed by atoms with Crippen LogP contribution in [0.2, 0.25) is 0 Å². The van der Waals surface area contributed by atoms with Crippen LogP contribution in [0.15, 0.2) is 18.2 Å². The van der Waals surface area contributed by atoms with E-state index in [0.29, 0.717) is 5.92 Å². The molecule has 0 saturated heterocycles. The van der Waals surface area contributed by atoms with Gasteiger partial charge < -0.3 is 15.8 Å². The number of ether oxygens (including phenoxy) is 1. The van der Waals surface area contributed by atoms with Crippen LogP contribution in [0.1, 0.15) is 18.9 Å². The van der Waals surface area contributed by atoms with Crippen molar-refractivity contribution >= 4 is 0 Å². The molecule has 0 aromatic heterocycles. The molecule has 1 atom stereocenters. The summed E-state index contributed by atoms with van der Waals surface area (Å²) in [6.07, 6.45) is 1.78. The molecule has 4 heteroatoms. The molecule has 3 N–H and O–H groups in total. The SMILES string of the molecule is COc1ccc(F)cc1CCNCC(C)CCN. The van der Waals surface area contributed by atoms with Crippen LogP contribution >= 0.6 is 0 Å². The monoisotopic (exact) mass is 254 g/mol. The van der Waals surface area contributed by atoms with Gasteiger partial charge >= 0.3 is 0 Å². The zero-order chi connectivity index (χ0) is 13.4. The van der Waals surface area contributed by atoms with E-state index in [0.717, 1.165) is 43.8 Å². The van der Waals surface area contributed by atoms with Crippen LogP contribution in [0.25, 0.3) is 0 Å². The van der Waals surface area contributed by atoms with Crippen LogP contribution in [-0.4, -0.2) is 26.7 Å². The lowest BCUT2D eigenvalue weighted by atomic mass is 10.1. The molecular formula is C14H23FN2O. The maximum atomic E-state index is 13.1. The van der Waals surface area contributed by atoms with Gasteiger partial charge in [0.2, 0.25) is 0 Å². The van der Waals surface area contributed by atoms with Crippen LogP contribution in [0, 0.1) is 11.7 Å². The Morgan fingerprint density at radius 2 is 2.22 bits per heavy atom. The minimum atomic E-state index is -0.220. The van der Waals surface area contributed by atoms with Crippen LogP contribution in [-0.2, 0) is 6.42 Å². The van der Waals surface area contributed by atoms with Gasteiger partial charge in [0.25, 0.3) is 0 Å². The Bertz CT molecular complexity index is 358. The lowest BCUT2D eigenvalue weighted by Gasteiger charge is -2.12. The van der Waals surface area contributed by atoms with Gasteiger partial charge in [-0.25, -0.2) is 4.39 Å². The van der Waals surface area contributed by atoms with Crippen LogP contribution < -0.4 is 15.8 Å². The first kappa shape index (κ1) is 14.9. The topological polar surface area (TPSA) is 47.3 Å². The maximum Gasteiger partial charge on any atom is 0.123 e. The Morgan fingerprint density at radius 3 is 2.89 bits per heavy atom. The molecule has 0 aliphatic heterocycles. The van der Waals surface area contributed by atoms with Crippen molar-refractivity contribution in [3.63, 3.8) is 0 Å². The summed E-state index contributed by atoms with van der Waals surface area (Å²) in [5.74, 6) is 1.10. The number of nitrogens with one attached hydrogen (secondary N) is 1. The van der Waals surface area contributed by atoms with Crippen molar-refractivity contribution in [2.75, 3.05) is 26.7 Å².